The molecule has 0 aliphatic heterocycles. The highest BCUT2D eigenvalue weighted by molar-refractivity contribution is 5.80. The molecule has 3 heterocycles. The van der Waals surface area contributed by atoms with Crippen molar-refractivity contribution in [3.05, 3.63) is 42.5 Å². The highest BCUT2D eigenvalue weighted by Crippen LogP contribution is 2.22. The third kappa shape index (κ3) is 4.62. The number of ether oxygens (including phenoxy) is 1. The Balaban J connectivity index is 0.00000109. The van der Waals surface area contributed by atoms with Gasteiger partial charge in [-0.2, -0.15) is 9.78 Å². The second-order valence-electron chi connectivity index (χ2n) is 6.37. The van der Waals surface area contributed by atoms with Crippen LogP contribution in [0.4, 0.5) is 4.79 Å². The van der Waals surface area contributed by atoms with Crippen molar-refractivity contribution in [3.8, 4) is 11.1 Å². The van der Waals surface area contributed by atoms with Crippen molar-refractivity contribution in [2.45, 2.75) is 47.1 Å². The predicted octanol–water partition coefficient (Wildman–Crippen LogP) is 4.61. The van der Waals surface area contributed by atoms with Crippen molar-refractivity contribution in [3.63, 3.8) is 0 Å². The minimum atomic E-state index is -0.560. The number of rotatable bonds is 1. The zero-order valence-electron chi connectivity index (χ0n) is 15.6. The number of aryl methyl sites for hydroxylation is 1. The Labute approximate surface area is 147 Å². The molecule has 0 unspecified atom stereocenters. The quantitative estimate of drug-likeness (QED) is 0.647. The van der Waals surface area contributed by atoms with Gasteiger partial charge in [0.05, 0.1) is 17.2 Å². The van der Waals surface area contributed by atoms with E-state index in [1.807, 2.05) is 59.7 Å². The fourth-order valence-corrected chi connectivity index (χ4v) is 2.15. The SMILES string of the molecule is CC.Cc1ccc2ncc(-c3cnn(C(=O)OC(C)(C)C)c3)cc2n1. The Kier molecular flexibility index (Phi) is 5.51. The Morgan fingerprint density at radius 1 is 1.08 bits per heavy atom. The summed E-state index contributed by atoms with van der Waals surface area (Å²) in [5, 5.41) is 4.07. The van der Waals surface area contributed by atoms with Crippen LogP contribution < -0.4 is 0 Å². The van der Waals surface area contributed by atoms with Gasteiger partial charge in [0.1, 0.15) is 5.60 Å². The number of aromatic nitrogens is 4. The average Bonchev–Trinajstić information content (AvgIpc) is 3.04. The molecule has 0 aromatic carbocycles. The van der Waals surface area contributed by atoms with Crippen molar-refractivity contribution in [1.29, 1.82) is 0 Å². The second-order valence-corrected chi connectivity index (χ2v) is 6.37. The van der Waals surface area contributed by atoms with Crippen LogP contribution in [-0.2, 0) is 4.74 Å². The molecule has 0 saturated carbocycles. The van der Waals surface area contributed by atoms with E-state index >= 15 is 0 Å². The van der Waals surface area contributed by atoms with Crippen molar-refractivity contribution in [2.24, 2.45) is 0 Å². The van der Waals surface area contributed by atoms with Crippen LogP contribution in [0.5, 0.6) is 0 Å². The van der Waals surface area contributed by atoms with Gasteiger partial charge in [-0.15, -0.1) is 0 Å². The van der Waals surface area contributed by atoms with Gasteiger partial charge in [0.25, 0.3) is 0 Å². The Morgan fingerprint density at radius 2 is 1.80 bits per heavy atom. The third-order valence-corrected chi connectivity index (χ3v) is 3.17. The van der Waals surface area contributed by atoms with E-state index in [2.05, 4.69) is 15.1 Å². The van der Waals surface area contributed by atoms with Gasteiger partial charge in [-0.05, 0) is 45.9 Å². The van der Waals surface area contributed by atoms with Crippen LogP contribution in [0.25, 0.3) is 22.2 Å². The highest BCUT2D eigenvalue weighted by atomic mass is 16.6. The smallest absolute Gasteiger partial charge is 0.435 e. The van der Waals surface area contributed by atoms with Gasteiger partial charge in [0.2, 0.25) is 0 Å². The van der Waals surface area contributed by atoms with Crippen molar-refractivity contribution < 1.29 is 9.53 Å². The van der Waals surface area contributed by atoms with E-state index in [9.17, 15) is 4.79 Å². The fourth-order valence-electron chi connectivity index (χ4n) is 2.15. The summed E-state index contributed by atoms with van der Waals surface area (Å²) >= 11 is 0. The standard InChI is InChI=1S/C17H18N4O2.C2H6/c1-11-5-6-14-15(20-11)7-12(8-18-14)13-9-19-21(10-13)16(22)23-17(2,3)4;1-2/h5-10H,1-4H3;1-2H3. The van der Waals surface area contributed by atoms with Crippen LogP contribution in [0.15, 0.2) is 36.8 Å². The monoisotopic (exact) mass is 340 g/mol. The summed E-state index contributed by atoms with van der Waals surface area (Å²) < 4.78 is 6.48. The first kappa shape index (κ1) is 18.6. The summed E-state index contributed by atoms with van der Waals surface area (Å²) in [6, 6.07) is 5.80. The maximum absolute atomic E-state index is 12.0. The zero-order valence-corrected chi connectivity index (χ0v) is 15.6. The number of pyridine rings is 2. The van der Waals surface area contributed by atoms with Crippen molar-refractivity contribution in [2.75, 3.05) is 0 Å². The molecule has 0 amide bonds. The van der Waals surface area contributed by atoms with Gasteiger partial charge < -0.3 is 4.74 Å². The van der Waals surface area contributed by atoms with Crippen molar-refractivity contribution in [1.82, 2.24) is 19.7 Å². The summed E-state index contributed by atoms with van der Waals surface area (Å²) in [5.41, 5.74) is 3.65. The van der Waals surface area contributed by atoms with E-state index in [4.69, 9.17) is 4.74 Å². The molecule has 0 saturated heterocycles. The Bertz CT molecular complexity index is 879. The third-order valence-electron chi connectivity index (χ3n) is 3.17. The van der Waals surface area contributed by atoms with Crippen LogP contribution >= 0.6 is 0 Å². The normalized spacial score (nSPS) is 11.0. The molecule has 25 heavy (non-hydrogen) atoms. The van der Waals surface area contributed by atoms with Crippen LogP contribution in [0.3, 0.4) is 0 Å². The molecule has 0 bridgehead atoms. The largest absolute Gasteiger partial charge is 0.442 e. The van der Waals surface area contributed by atoms with Gasteiger partial charge in [0.15, 0.2) is 0 Å². The second kappa shape index (κ2) is 7.42. The first-order valence-corrected chi connectivity index (χ1v) is 8.34. The van der Waals surface area contributed by atoms with E-state index < -0.39 is 11.7 Å². The summed E-state index contributed by atoms with van der Waals surface area (Å²) in [6.45, 7) is 11.4. The van der Waals surface area contributed by atoms with Crippen molar-refractivity contribution >= 4 is 17.1 Å². The number of hydrogen-bond donors (Lipinski definition) is 0. The molecule has 0 atom stereocenters. The van der Waals surface area contributed by atoms with Gasteiger partial charge in [0, 0.05) is 29.2 Å². The van der Waals surface area contributed by atoms with E-state index in [1.54, 1.807) is 18.6 Å². The molecule has 3 rings (SSSR count). The highest BCUT2D eigenvalue weighted by Gasteiger charge is 2.18. The van der Waals surface area contributed by atoms with E-state index in [0.717, 1.165) is 27.9 Å². The lowest BCUT2D eigenvalue weighted by molar-refractivity contribution is 0.0514. The van der Waals surface area contributed by atoms with E-state index in [0.29, 0.717) is 0 Å². The Hall–Kier alpha value is -2.76. The lowest BCUT2D eigenvalue weighted by atomic mass is 10.1. The molecule has 0 radical (unpaired) electrons. The van der Waals surface area contributed by atoms with Gasteiger partial charge >= 0.3 is 6.09 Å². The summed E-state index contributed by atoms with van der Waals surface area (Å²) in [7, 11) is 0. The molecule has 0 aliphatic rings. The number of carbonyl (C=O) groups excluding carboxylic acids is 1. The first-order chi connectivity index (χ1) is 11.8. The number of carbonyl (C=O) groups is 1. The number of fused-ring (bicyclic) bond motifs is 1. The zero-order chi connectivity index (χ0) is 18.6. The van der Waals surface area contributed by atoms with E-state index in [1.165, 1.54) is 4.68 Å². The van der Waals surface area contributed by atoms with Crippen LogP contribution in [0, 0.1) is 6.92 Å². The van der Waals surface area contributed by atoms with Gasteiger partial charge in [-0.25, -0.2) is 4.79 Å². The summed E-state index contributed by atoms with van der Waals surface area (Å²) in [5.74, 6) is 0. The molecule has 3 aromatic heterocycles. The Morgan fingerprint density at radius 3 is 2.48 bits per heavy atom. The lowest BCUT2D eigenvalue weighted by Gasteiger charge is -2.18. The molecule has 3 aromatic rings. The molecule has 0 aliphatic carbocycles. The molecule has 0 spiro atoms. The maximum atomic E-state index is 12.0. The van der Waals surface area contributed by atoms with Crippen LogP contribution in [0.2, 0.25) is 0 Å². The maximum Gasteiger partial charge on any atom is 0.435 e. The first-order valence-electron chi connectivity index (χ1n) is 8.34. The molecule has 6 heteroatoms. The topological polar surface area (TPSA) is 69.9 Å². The van der Waals surface area contributed by atoms with Gasteiger partial charge in [-0.1, -0.05) is 13.8 Å². The minimum Gasteiger partial charge on any atom is -0.442 e. The molecule has 0 N–H and O–H groups in total. The van der Waals surface area contributed by atoms with Gasteiger partial charge in [-0.3, -0.25) is 9.97 Å². The molecular weight excluding hydrogens is 316 g/mol. The summed E-state index contributed by atoms with van der Waals surface area (Å²) in [6.07, 6.45) is 4.48. The molecular formula is C19H24N4O2. The minimum absolute atomic E-state index is 0.508. The number of hydrogen-bond acceptors (Lipinski definition) is 5. The molecule has 6 nitrogen and oxygen atoms in total. The average molecular weight is 340 g/mol. The predicted molar refractivity (Wildman–Crippen MR) is 98.5 cm³/mol. The summed E-state index contributed by atoms with van der Waals surface area (Å²) in [4.78, 5) is 20.9. The number of nitrogens with zero attached hydrogens (tertiary/aromatic N) is 4. The van der Waals surface area contributed by atoms with Crippen LogP contribution in [-0.4, -0.2) is 31.4 Å². The lowest BCUT2D eigenvalue weighted by Crippen LogP contribution is -2.27. The van der Waals surface area contributed by atoms with Crippen LogP contribution in [0.1, 0.15) is 40.3 Å². The molecule has 0 fully saturated rings. The molecule has 132 valence electrons. The fraction of sp³-hybridized carbons (Fsp3) is 0.368. The van der Waals surface area contributed by atoms with E-state index in [-0.39, 0.29) is 0 Å².